The van der Waals surface area contributed by atoms with Crippen LogP contribution in [-0.4, -0.2) is 17.1 Å². The fourth-order valence-corrected chi connectivity index (χ4v) is 0.430. The second-order valence-electron chi connectivity index (χ2n) is 2.14. The van der Waals surface area contributed by atoms with Crippen molar-refractivity contribution in [2.75, 3.05) is 0 Å². The van der Waals surface area contributed by atoms with Crippen molar-refractivity contribution in [3.63, 3.8) is 0 Å². The summed E-state index contributed by atoms with van der Waals surface area (Å²) in [5.41, 5.74) is 5.12. The quantitative estimate of drug-likeness (QED) is 0.587. The summed E-state index contributed by atoms with van der Waals surface area (Å²) < 4.78 is 14.6. The Kier molecular flexibility index (Phi) is 2.01. The molecular formula is C6H13NO2. The van der Waals surface area contributed by atoms with Crippen LogP contribution in [-0.2, 0) is 4.79 Å². The molecule has 0 heterocycles. The molecule has 0 aromatic heterocycles. The van der Waals surface area contributed by atoms with Crippen molar-refractivity contribution in [1.82, 2.24) is 0 Å². The van der Waals surface area contributed by atoms with E-state index in [0.29, 0.717) is 0 Å². The lowest BCUT2D eigenvalue weighted by Crippen LogP contribution is -2.31. The lowest BCUT2D eigenvalue weighted by atomic mass is 10.1. The summed E-state index contributed by atoms with van der Waals surface area (Å²) in [6.07, 6.45) is -1.84. The van der Waals surface area contributed by atoms with Crippen molar-refractivity contribution in [2.24, 2.45) is 11.7 Å². The summed E-state index contributed by atoms with van der Waals surface area (Å²) in [5, 5.41) is 8.40. The van der Waals surface area contributed by atoms with Gasteiger partial charge in [0, 0.05) is 2.74 Å². The van der Waals surface area contributed by atoms with Crippen molar-refractivity contribution in [2.45, 2.75) is 26.3 Å². The van der Waals surface area contributed by atoms with Crippen molar-refractivity contribution in [3.8, 4) is 0 Å². The standard InChI is InChI=1S/C6H13NO2/c1-4(2)3-5(7)6(8)9/h4-5H,3,7H2,1-2H3,(H,8,9)/i3D2. The maximum Gasteiger partial charge on any atom is 0.320 e. The zero-order chi connectivity index (χ0) is 9.23. The van der Waals surface area contributed by atoms with E-state index < -0.39 is 24.3 Å². The van der Waals surface area contributed by atoms with Crippen LogP contribution < -0.4 is 5.73 Å². The van der Waals surface area contributed by atoms with Gasteiger partial charge in [0.25, 0.3) is 0 Å². The first-order chi connectivity index (χ1) is 4.80. The smallest absolute Gasteiger partial charge is 0.320 e. The fourth-order valence-electron chi connectivity index (χ4n) is 0.430. The van der Waals surface area contributed by atoms with Crippen molar-refractivity contribution in [3.05, 3.63) is 0 Å². The first-order valence-corrected chi connectivity index (χ1v) is 2.78. The normalized spacial score (nSPS) is 18.7. The number of rotatable bonds is 3. The van der Waals surface area contributed by atoms with Crippen LogP contribution in [0.2, 0.25) is 0 Å². The molecule has 3 heteroatoms. The molecule has 0 aromatic rings. The molecule has 0 rings (SSSR count). The molecule has 0 fully saturated rings. The number of hydrogen-bond donors (Lipinski definition) is 2. The van der Waals surface area contributed by atoms with E-state index >= 15 is 0 Å². The Morgan fingerprint density at radius 2 is 2.33 bits per heavy atom. The van der Waals surface area contributed by atoms with Gasteiger partial charge in [-0.25, -0.2) is 0 Å². The van der Waals surface area contributed by atoms with Gasteiger partial charge >= 0.3 is 5.97 Å². The van der Waals surface area contributed by atoms with Gasteiger partial charge < -0.3 is 10.8 Å². The largest absolute Gasteiger partial charge is 0.480 e. The Balaban J connectivity index is 4.41. The third kappa shape index (κ3) is 3.97. The minimum Gasteiger partial charge on any atom is -0.480 e. The Bertz CT molecular complexity index is 159. The molecular weight excluding hydrogens is 118 g/mol. The topological polar surface area (TPSA) is 63.3 Å². The zero-order valence-corrected chi connectivity index (χ0v) is 5.59. The van der Waals surface area contributed by atoms with Crippen LogP contribution in [0.5, 0.6) is 0 Å². The first kappa shape index (κ1) is 5.23. The van der Waals surface area contributed by atoms with E-state index in [1.165, 1.54) is 0 Å². The molecule has 0 spiro atoms. The highest BCUT2D eigenvalue weighted by atomic mass is 16.4. The molecule has 0 amide bonds. The highest BCUT2D eigenvalue weighted by Gasteiger charge is 2.11. The highest BCUT2D eigenvalue weighted by molar-refractivity contribution is 5.72. The highest BCUT2D eigenvalue weighted by Crippen LogP contribution is 2.01. The van der Waals surface area contributed by atoms with Crippen molar-refractivity contribution in [1.29, 1.82) is 0 Å². The van der Waals surface area contributed by atoms with E-state index in [1.54, 1.807) is 13.8 Å². The van der Waals surface area contributed by atoms with Crippen molar-refractivity contribution >= 4 is 5.97 Å². The van der Waals surface area contributed by atoms with Crippen LogP contribution in [0, 0.1) is 5.92 Å². The molecule has 3 nitrogen and oxygen atoms in total. The van der Waals surface area contributed by atoms with Crippen LogP contribution in [0.25, 0.3) is 0 Å². The zero-order valence-electron chi connectivity index (χ0n) is 7.59. The van der Waals surface area contributed by atoms with Crippen LogP contribution in [0.1, 0.15) is 23.0 Å². The lowest BCUT2D eigenvalue weighted by Gasteiger charge is -2.07. The summed E-state index contributed by atoms with van der Waals surface area (Å²) in [4.78, 5) is 10.3. The average Bonchev–Trinajstić information content (AvgIpc) is 1.85. The molecule has 0 radical (unpaired) electrons. The number of carboxylic acids is 1. The van der Waals surface area contributed by atoms with Gasteiger partial charge in [0.2, 0.25) is 0 Å². The minimum atomic E-state index is -1.84. The molecule has 9 heavy (non-hydrogen) atoms. The number of carbonyl (C=O) groups is 1. The van der Waals surface area contributed by atoms with Gasteiger partial charge in [-0.1, -0.05) is 13.8 Å². The number of carboxylic acid groups (broad SMARTS) is 1. The summed E-state index contributed by atoms with van der Waals surface area (Å²) in [5.74, 6) is -1.70. The van der Waals surface area contributed by atoms with Crippen LogP contribution in [0.4, 0.5) is 0 Å². The predicted octanol–water partition coefficient (Wildman–Crippen LogP) is 0.444. The second-order valence-corrected chi connectivity index (χ2v) is 2.14. The van der Waals surface area contributed by atoms with E-state index in [9.17, 15) is 4.79 Å². The fraction of sp³-hybridized carbons (Fsp3) is 0.833. The van der Waals surface area contributed by atoms with Gasteiger partial charge in [0.1, 0.15) is 6.04 Å². The number of hydrogen-bond acceptors (Lipinski definition) is 2. The molecule has 0 aromatic carbocycles. The maximum atomic E-state index is 10.3. The average molecular weight is 133 g/mol. The summed E-state index contributed by atoms with van der Waals surface area (Å²) in [6, 6.07) is -1.44. The van der Waals surface area contributed by atoms with Crippen LogP contribution in [0.15, 0.2) is 0 Å². The molecule has 1 atom stereocenters. The maximum absolute atomic E-state index is 10.3. The summed E-state index contributed by atoms with van der Waals surface area (Å²) >= 11 is 0. The summed E-state index contributed by atoms with van der Waals surface area (Å²) in [7, 11) is 0. The van der Waals surface area contributed by atoms with Gasteiger partial charge in [0.15, 0.2) is 0 Å². The Morgan fingerprint density at radius 3 is 2.44 bits per heavy atom. The van der Waals surface area contributed by atoms with E-state index in [2.05, 4.69) is 0 Å². The molecule has 0 saturated carbocycles. The summed E-state index contributed by atoms with van der Waals surface area (Å²) in [6.45, 7) is 3.20. The van der Waals surface area contributed by atoms with E-state index in [-0.39, 0.29) is 0 Å². The third-order valence-electron chi connectivity index (χ3n) is 0.779. The Morgan fingerprint density at radius 1 is 1.89 bits per heavy atom. The molecule has 3 N–H and O–H groups in total. The first-order valence-electron chi connectivity index (χ1n) is 3.78. The van der Waals surface area contributed by atoms with Gasteiger partial charge in [-0.15, -0.1) is 0 Å². The monoisotopic (exact) mass is 133 g/mol. The minimum absolute atomic E-state index is 0.395. The van der Waals surface area contributed by atoms with Crippen LogP contribution in [0.3, 0.4) is 0 Å². The van der Waals surface area contributed by atoms with E-state index in [0.717, 1.165) is 0 Å². The Labute approximate surface area is 57.7 Å². The van der Waals surface area contributed by atoms with E-state index in [1.807, 2.05) is 0 Å². The van der Waals surface area contributed by atoms with E-state index in [4.69, 9.17) is 13.6 Å². The number of nitrogens with two attached hydrogens (primary N) is 1. The van der Waals surface area contributed by atoms with Gasteiger partial charge in [-0.3, -0.25) is 4.79 Å². The van der Waals surface area contributed by atoms with Gasteiger partial charge in [-0.2, -0.15) is 0 Å². The Hall–Kier alpha value is -0.570. The molecule has 1 unspecified atom stereocenters. The predicted molar refractivity (Wildman–Crippen MR) is 35.1 cm³/mol. The van der Waals surface area contributed by atoms with Gasteiger partial charge in [0.05, 0.1) is 0 Å². The van der Waals surface area contributed by atoms with Crippen LogP contribution >= 0.6 is 0 Å². The lowest BCUT2D eigenvalue weighted by molar-refractivity contribution is -0.138. The van der Waals surface area contributed by atoms with Crippen molar-refractivity contribution < 1.29 is 12.6 Å². The molecule has 0 saturated heterocycles. The molecule has 0 aliphatic carbocycles. The second kappa shape index (κ2) is 3.45. The molecule has 0 aliphatic heterocycles. The van der Waals surface area contributed by atoms with Gasteiger partial charge in [-0.05, 0) is 12.3 Å². The molecule has 0 aliphatic rings. The SMILES string of the molecule is [2H]C([2H])(C(C)C)C(N)C(=O)O. The molecule has 0 bridgehead atoms. The number of aliphatic carboxylic acids is 1. The third-order valence-corrected chi connectivity index (χ3v) is 0.779. The molecule has 54 valence electrons.